The van der Waals surface area contributed by atoms with Crippen LogP contribution in [0.1, 0.15) is 29.4 Å². The van der Waals surface area contributed by atoms with Gasteiger partial charge in [-0.15, -0.1) is 0 Å². The predicted molar refractivity (Wildman–Crippen MR) is 78.3 cm³/mol. The second-order valence-electron chi connectivity index (χ2n) is 4.92. The van der Waals surface area contributed by atoms with Gasteiger partial charge in [-0.2, -0.15) is 0 Å². The molecule has 1 amide bonds. The third-order valence-corrected chi connectivity index (χ3v) is 4.05. The first-order chi connectivity index (χ1) is 9.74. The van der Waals surface area contributed by atoms with E-state index < -0.39 is 0 Å². The van der Waals surface area contributed by atoms with E-state index in [9.17, 15) is 4.79 Å². The predicted octanol–water partition coefficient (Wildman–Crippen LogP) is 2.52. The number of aromatic nitrogens is 3. The molecule has 0 radical (unpaired) electrons. The van der Waals surface area contributed by atoms with Gasteiger partial charge in [-0.05, 0) is 40.9 Å². The molecule has 3 heterocycles. The van der Waals surface area contributed by atoms with Crippen molar-refractivity contribution in [3.05, 3.63) is 47.2 Å². The highest BCUT2D eigenvalue weighted by Gasteiger charge is 2.25. The van der Waals surface area contributed by atoms with Crippen molar-refractivity contribution in [3.63, 3.8) is 0 Å². The van der Waals surface area contributed by atoms with Gasteiger partial charge in [-0.1, -0.05) is 0 Å². The topological polar surface area (TPSA) is 51.0 Å². The second kappa shape index (κ2) is 5.75. The number of piperidine rings is 1. The quantitative estimate of drug-likeness (QED) is 0.847. The average Bonchev–Trinajstić information content (AvgIpc) is 3.02. The number of likely N-dealkylation sites (tertiary alicyclic amines) is 1. The average molecular weight is 335 g/mol. The Morgan fingerprint density at radius 2 is 2.30 bits per heavy atom. The zero-order valence-corrected chi connectivity index (χ0v) is 12.5. The molecule has 1 fully saturated rings. The van der Waals surface area contributed by atoms with E-state index in [1.54, 1.807) is 18.5 Å². The SMILES string of the molecule is O=C(c1ccc(Br)cn1)N1CCC[C@@H](n2ccnc2)C1. The van der Waals surface area contributed by atoms with Gasteiger partial charge in [0, 0.05) is 36.2 Å². The van der Waals surface area contributed by atoms with Crippen molar-refractivity contribution >= 4 is 21.8 Å². The normalized spacial score (nSPS) is 19.1. The van der Waals surface area contributed by atoms with Crippen molar-refractivity contribution < 1.29 is 4.79 Å². The van der Waals surface area contributed by atoms with Crippen LogP contribution in [0.2, 0.25) is 0 Å². The van der Waals surface area contributed by atoms with Crippen LogP contribution in [0.3, 0.4) is 0 Å². The number of carbonyl (C=O) groups excluding carboxylic acids is 1. The third kappa shape index (κ3) is 2.75. The van der Waals surface area contributed by atoms with E-state index in [0.29, 0.717) is 18.3 Å². The highest BCUT2D eigenvalue weighted by atomic mass is 79.9. The summed E-state index contributed by atoms with van der Waals surface area (Å²) in [5, 5.41) is 0. The number of carbonyl (C=O) groups is 1. The third-order valence-electron chi connectivity index (χ3n) is 3.58. The Kier molecular flexibility index (Phi) is 3.82. The molecule has 2 aromatic heterocycles. The van der Waals surface area contributed by atoms with Crippen molar-refractivity contribution in [2.75, 3.05) is 13.1 Å². The zero-order valence-electron chi connectivity index (χ0n) is 10.9. The molecule has 1 atom stereocenters. The van der Waals surface area contributed by atoms with E-state index in [-0.39, 0.29) is 5.91 Å². The number of hydrogen-bond donors (Lipinski definition) is 0. The molecule has 0 saturated carbocycles. The number of imidazole rings is 1. The van der Waals surface area contributed by atoms with E-state index in [1.807, 2.05) is 23.5 Å². The summed E-state index contributed by atoms with van der Waals surface area (Å²) >= 11 is 3.33. The van der Waals surface area contributed by atoms with Crippen molar-refractivity contribution in [1.82, 2.24) is 19.4 Å². The van der Waals surface area contributed by atoms with Gasteiger partial charge in [0.2, 0.25) is 0 Å². The molecule has 0 N–H and O–H groups in total. The summed E-state index contributed by atoms with van der Waals surface area (Å²) in [4.78, 5) is 22.6. The molecule has 104 valence electrons. The summed E-state index contributed by atoms with van der Waals surface area (Å²) in [5.74, 6) is 0.00214. The fourth-order valence-corrected chi connectivity index (χ4v) is 2.77. The van der Waals surface area contributed by atoms with E-state index >= 15 is 0 Å². The largest absolute Gasteiger partial charge is 0.335 e. The van der Waals surface area contributed by atoms with Gasteiger partial charge in [0.25, 0.3) is 5.91 Å². The van der Waals surface area contributed by atoms with Crippen LogP contribution in [0.4, 0.5) is 0 Å². The highest BCUT2D eigenvalue weighted by molar-refractivity contribution is 9.10. The highest BCUT2D eigenvalue weighted by Crippen LogP contribution is 2.22. The van der Waals surface area contributed by atoms with Crippen LogP contribution in [-0.4, -0.2) is 38.4 Å². The van der Waals surface area contributed by atoms with E-state index in [2.05, 4.69) is 30.5 Å². The maximum Gasteiger partial charge on any atom is 0.272 e. The Balaban J connectivity index is 1.73. The smallest absolute Gasteiger partial charge is 0.272 e. The van der Waals surface area contributed by atoms with Crippen molar-refractivity contribution in [2.45, 2.75) is 18.9 Å². The van der Waals surface area contributed by atoms with Gasteiger partial charge >= 0.3 is 0 Å². The van der Waals surface area contributed by atoms with Crippen LogP contribution < -0.4 is 0 Å². The van der Waals surface area contributed by atoms with Gasteiger partial charge in [-0.3, -0.25) is 4.79 Å². The van der Waals surface area contributed by atoms with Crippen LogP contribution in [0.15, 0.2) is 41.5 Å². The minimum atomic E-state index is 0.00214. The molecule has 0 aliphatic carbocycles. The maximum atomic E-state index is 12.4. The minimum Gasteiger partial charge on any atom is -0.335 e. The van der Waals surface area contributed by atoms with Crippen molar-refractivity contribution in [1.29, 1.82) is 0 Å². The Morgan fingerprint density at radius 1 is 1.40 bits per heavy atom. The van der Waals surface area contributed by atoms with Crippen LogP contribution in [0.5, 0.6) is 0 Å². The van der Waals surface area contributed by atoms with Crippen LogP contribution in [0, 0.1) is 0 Å². The summed E-state index contributed by atoms with van der Waals surface area (Å²) in [7, 11) is 0. The monoisotopic (exact) mass is 334 g/mol. The molecule has 2 aromatic rings. The first-order valence-electron chi connectivity index (χ1n) is 6.62. The molecular weight excluding hydrogens is 320 g/mol. The molecule has 0 spiro atoms. The first kappa shape index (κ1) is 13.3. The fourth-order valence-electron chi connectivity index (χ4n) is 2.53. The van der Waals surface area contributed by atoms with E-state index in [4.69, 9.17) is 0 Å². The lowest BCUT2D eigenvalue weighted by Crippen LogP contribution is -2.40. The number of rotatable bonds is 2. The summed E-state index contributed by atoms with van der Waals surface area (Å²) < 4.78 is 2.96. The second-order valence-corrected chi connectivity index (χ2v) is 5.83. The van der Waals surface area contributed by atoms with Crippen LogP contribution in [-0.2, 0) is 0 Å². The molecule has 1 aliphatic rings. The summed E-state index contributed by atoms with van der Waals surface area (Å²) in [6.07, 6.45) is 9.29. The van der Waals surface area contributed by atoms with Gasteiger partial charge < -0.3 is 9.47 Å². The fraction of sp³-hybridized carbons (Fsp3) is 0.357. The number of amides is 1. The minimum absolute atomic E-state index is 0.00214. The number of nitrogens with zero attached hydrogens (tertiary/aromatic N) is 4. The molecule has 1 aliphatic heterocycles. The molecule has 0 unspecified atom stereocenters. The molecule has 5 nitrogen and oxygen atoms in total. The Hall–Kier alpha value is -1.69. The van der Waals surface area contributed by atoms with Crippen LogP contribution >= 0.6 is 15.9 Å². The van der Waals surface area contributed by atoms with E-state index in [0.717, 1.165) is 23.9 Å². The molecule has 6 heteroatoms. The maximum absolute atomic E-state index is 12.4. The lowest BCUT2D eigenvalue weighted by Gasteiger charge is -2.33. The molecule has 20 heavy (non-hydrogen) atoms. The van der Waals surface area contributed by atoms with Gasteiger partial charge in [0.15, 0.2) is 0 Å². The lowest BCUT2D eigenvalue weighted by atomic mass is 10.1. The molecule has 3 rings (SSSR count). The molecule has 0 bridgehead atoms. The molecule has 0 aromatic carbocycles. The van der Waals surface area contributed by atoms with Crippen LogP contribution in [0.25, 0.3) is 0 Å². The van der Waals surface area contributed by atoms with Gasteiger partial charge in [0.1, 0.15) is 5.69 Å². The number of pyridine rings is 1. The summed E-state index contributed by atoms with van der Waals surface area (Å²) in [5.41, 5.74) is 0.500. The number of hydrogen-bond acceptors (Lipinski definition) is 3. The Labute approximate surface area is 125 Å². The number of halogens is 1. The summed E-state index contributed by atoms with van der Waals surface area (Å²) in [6.45, 7) is 1.51. The lowest BCUT2D eigenvalue weighted by molar-refractivity contribution is 0.0673. The Bertz CT molecular complexity index is 582. The molecule has 1 saturated heterocycles. The summed E-state index contributed by atoms with van der Waals surface area (Å²) in [6, 6.07) is 3.91. The van der Waals surface area contributed by atoms with Gasteiger partial charge in [-0.25, -0.2) is 9.97 Å². The first-order valence-corrected chi connectivity index (χ1v) is 7.41. The van der Waals surface area contributed by atoms with Crippen molar-refractivity contribution in [3.8, 4) is 0 Å². The molecular formula is C14H15BrN4O. The zero-order chi connectivity index (χ0) is 13.9. The van der Waals surface area contributed by atoms with E-state index in [1.165, 1.54) is 0 Å². The van der Waals surface area contributed by atoms with Crippen molar-refractivity contribution in [2.24, 2.45) is 0 Å². The standard InChI is InChI=1S/C14H15BrN4O/c15-11-3-4-13(17-8-11)14(20)18-6-1-2-12(9-18)19-7-5-16-10-19/h3-5,7-8,10,12H,1-2,6,9H2/t12-/m1/s1. The Morgan fingerprint density at radius 3 is 3.00 bits per heavy atom. The van der Waals surface area contributed by atoms with Gasteiger partial charge in [0.05, 0.1) is 12.4 Å².